The van der Waals surface area contributed by atoms with E-state index in [0.29, 0.717) is 33.8 Å². The summed E-state index contributed by atoms with van der Waals surface area (Å²) in [5, 5.41) is 6.53. The molecule has 0 spiro atoms. The Balaban J connectivity index is 2.07. The van der Waals surface area contributed by atoms with E-state index in [0.717, 1.165) is 18.6 Å². The van der Waals surface area contributed by atoms with Crippen molar-refractivity contribution < 1.29 is 17.9 Å². The number of halogens is 5. The molecule has 26 heavy (non-hydrogen) atoms. The Morgan fingerprint density at radius 3 is 2.31 bits per heavy atom. The lowest BCUT2D eigenvalue weighted by Crippen LogP contribution is -2.19. The van der Waals surface area contributed by atoms with E-state index in [-0.39, 0.29) is 5.11 Å². The lowest BCUT2D eigenvalue weighted by atomic mass is 10.2. The summed E-state index contributed by atoms with van der Waals surface area (Å²) in [7, 11) is 0. The summed E-state index contributed by atoms with van der Waals surface area (Å²) in [5.41, 5.74) is 0.134. The van der Waals surface area contributed by atoms with Gasteiger partial charge in [-0.25, -0.2) is 0 Å². The molecule has 140 valence electrons. The smallest absolute Gasteiger partial charge is 0.416 e. The van der Waals surface area contributed by atoms with Gasteiger partial charge in [-0.15, -0.1) is 0 Å². The van der Waals surface area contributed by atoms with Crippen LogP contribution in [0.5, 0.6) is 5.75 Å². The fraction of sp³-hybridized carbons (Fsp3) is 0.235. The molecular formula is C17H15Cl2F3N2OS. The van der Waals surface area contributed by atoms with E-state index in [4.69, 9.17) is 40.2 Å². The number of nitrogens with one attached hydrogen (secondary N) is 2. The number of hydrogen-bond acceptors (Lipinski definition) is 2. The van der Waals surface area contributed by atoms with Gasteiger partial charge in [0.2, 0.25) is 0 Å². The summed E-state index contributed by atoms with van der Waals surface area (Å²) in [6, 6.07) is 7.65. The van der Waals surface area contributed by atoms with Crippen molar-refractivity contribution in [3.05, 3.63) is 52.0 Å². The maximum absolute atomic E-state index is 12.6. The molecule has 0 radical (unpaired) electrons. The number of ether oxygens (including phenoxy) is 1. The number of hydrogen-bond donors (Lipinski definition) is 2. The molecule has 0 heterocycles. The Morgan fingerprint density at radius 1 is 1.08 bits per heavy atom. The summed E-state index contributed by atoms with van der Waals surface area (Å²) < 4.78 is 43.3. The zero-order valence-corrected chi connectivity index (χ0v) is 15.9. The minimum Gasteiger partial charge on any atom is -0.492 e. The van der Waals surface area contributed by atoms with E-state index in [9.17, 15) is 13.2 Å². The van der Waals surface area contributed by atoms with Gasteiger partial charge in [0.1, 0.15) is 5.75 Å². The third kappa shape index (κ3) is 5.65. The van der Waals surface area contributed by atoms with E-state index >= 15 is 0 Å². The fourth-order valence-electron chi connectivity index (χ4n) is 1.97. The summed E-state index contributed by atoms with van der Waals surface area (Å²) in [5.74, 6) is 0.456. The maximum atomic E-state index is 12.6. The van der Waals surface area contributed by atoms with Gasteiger partial charge < -0.3 is 15.4 Å². The van der Waals surface area contributed by atoms with Gasteiger partial charge in [0.15, 0.2) is 5.11 Å². The molecule has 0 aliphatic rings. The molecule has 0 bridgehead atoms. The van der Waals surface area contributed by atoms with Crippen molar-refractivity contribution in [1.82, 2.24) is 0 Å². The van der Waals surface area contributed by atoms with Crippen LogP contribution in [-0.2, 0) is 6.18 Å². The first-order valence-electron chi connectivity index (χ1n) is 7.58. The first-order valence-corrected chi connectivity index (χ1v) is 8.74. The van der Waals surface area contributed by atoms with Crippen LogP contribution in [0.25, 0.3) is 0 Å². The number of anilines is 2. The number of benzene rings is 2. The standard InChI is InChI=1S/C17H15Cl2F3N2OS/c1-2-7-25-15-9-14(12(18)8-13(15)19)24-16(26)23-11-5-3-10(4-6-11)17(20,21)22/h3-6,8-9H,2,7H2,1H3,(H2,23,24,26). The van der Waals surface area contributed by atoms with Crippen LogP contribution < -0.4 is 15.4 Å². The van der Waals surface area contributed by atoms with Crippen molar-refractivity contribution in [2.24, 2.45) is 0 Å². The van der Waals surface area contributed by atoms with Crippen LogP contribution in [0.4, 0.5) is 24.5 Å². The van der Waals surface area contributed by atoms with Gasteiger partial charge in [0, 0.05) is 11.8 Å². The van der Waals surface area contributed by atoms with Crippen molar-refractivity contribution in [1.29, 1.82) is 0 Å². The molecule has 0 atom stereocenters. The highest BCUT2D eigenvalue weighted by molar-refractivity contribution is 7.80. The molecule has 0 amide bonds. The third-order valence-electron chi connectivity index (χ3n) is 3.20. The molecule has 0 aromatic heterocycles. The zero-order chi connectivity index (χ0) is 19.3. The van der Waals surface area contributed by atoms with Crippen LogP contribution in [0.3, 0.4) is 0 Å². The van der Waals surface area contributed by atoms with E-state index in [1.165, 1.54) is 18.2 Å². The SMILES string of the molecule is CCCOc1cc(NC(=S)Nc2ccc(C(F)(F)F)cc2)c(Cl)cc1Cl. The van der Waals surface area contributed by atoms with E-state index in [2.05, 4.69) is 10.6 Å². The summed E-state index contributed by atoms with van der Waals surface area (Å²) in [4.78, 5) is 0. The van der Waals surface area contributed by atoms with Gasteiger partial charge in [0.25, 0.3) is 0 Å². The molecule has 0 saturated heterocycles. The average molecular weight is 423 g/mol. The van der Waals surface area contributed by atoms with Gasteiger partial charge in [-0.1, -0.05) is 30.1 Å². The fourth-order valence-corrected chi connectivity index (χ4v) is 2.69. The van der Waals surface area contributed by atoms with Crippen molar-refractivity contribution in [3.63, 3.8) is 0 Å². The van der Waals surface area contributed by atoms with Crippen LogP contribution in [0.2, 0.25) is 10.0 Å². The highest BCUT2D eigenvalue weighted by Crippen LogP contribution is 2.34. The molecule has 3 nitrogen and oxygen atoms in total. The molecule has 0 aliphatic heterocycles. The first-order chi connectivity index (χ1) is 12.2. The van der Waals surface area contributed by atoms with E-state index in [1.807, 2.05) is 6.92 Å². The Labute approximate surface area is 164 Å². The van der Waals surface area contributed by atoms with Gasteiger partial charge >= 0.3 is 6.18 Å². The molecule has 0 fully saturated rings. The molecule has 0 saturated carbocycles. The highest BCUT2D eigenvalue weighted by atomic mass is 35.5. The molecule has 2 N–H and O–H groups in total. The second kappa shape index (κ2) is 8.79. The predicted molar refractivity (Wildman–Crippen MR) is 104 cm³/mol. The van der Waals surface area contributed by atoms with Crippen LogP contribution >= 0.6 is 35.4 Å². The third-order valence-corrected chi connectivity index (χ3v) is 4.01. The zero-order valence-electron chi connectivity index (χ0n) is 13.6. The quantitative estimate of drug-likeness (QED) is 0.531. The second-order valence-electron chi connectivity index (χ2n) is 5.27. The number of rotatable bonds is 5. The van der Waals surface area contributed by atoms with Crippen molar-refractivity contribution >= 4 is 51.9 Å². The molecule has 9 heteroatoms. The Kier molecular flexibility index (Phi) is 6.97. The van der Waals surface area contributed by atoms with Crippen LogP contribution in [0.15, 0.2) is 36.4 Å². The normalized spacial score (nSPS) is 11.2. The van der Waals surface area contributed by atoms with Gasteiger partial charge in [0.05, 0.1) is 27.9 Å². The van der Waals surface area contributed by atoms with Gasteiger partial charge in [-0.3, -0.25) is 0 Å². The topological polar surface area (TPSA) is 33.3 Å². The largest absolute Gasteiger partial charge is 0.492 e. The Hall–Kier alpha value is -1.70. The molecular weight excluding hydrogens is 408 g/mol. The Morgan fingerprint density at radius 2 is 1.73 bits per heavy atom. The van der Waals surface area contributed by atoms with Crippen LogP contribution in [-0.4, -0.2) is 11.7 Å². The van der Waals surface area contributed by atoms with Gasteiger partial charge in [-0.2, -0.15) is 13.2 Å². The monoisotopic (exact) mass is 422 g/mol. The van der Waals surface area contributed by atoms with Crippen molar-refractivity contribution in [2.45, 2.75) is 19.5 Å². The molecule has 2 rings (SSSR count). The summed E-state index contributed by atoms with van der Waals surface area (Å²) in [6.45, 7) is 2.46. The summed E-state index contributed by atoms with van der Waals surface area (Å²) in [6.07, 6.45) is -3.57. The number of alkyl halides is 3. The lowest BCUT2D eigenvalue weighted by Gasteiger charge is -2.15. The average Bonchev–Trinajstić information content (AvgIpc) is 2.56. The minimum atomic E-state index is -4.39. The summed E-state index contributed by atoms with van der Waals surface area (Å²) >= 11 is 17.4. The predicted octanol–water partition coefficient (Wildman–Crippen LogP) is 6.61. The molecule has 2 aromatic carbocycles. The number of thiocarbonyl (C=S) groups is 1. The molecule has 0 unspecified atom stereocenters. The van der Waals surface area contributed by atoms with E-state index < -0.39 is 11.7 Å². The minimum absolute atomic E-state index is 0.162. The van der Waals surface area contributed by atoms with Gasteiger partial charge in [-0.05, 0) is 49.0 Å². The van der Waals surface area contributed by atoms with Crippen LogP contribution in [0, 0.1) is 0 Å². The first kappa shape index (κ1) is 20.6. The highest BCUT2D eigenvalue weighted by Gasteiger charge is 2.29. The second-order valence-corrected chi connectivity index (χ2v) is 6.49. The van der Waals surface area contributed by atoms with Crippen molar-refractivity contribution in [2.75, 3.05) is 17.2 Å². The molecule has 2 aromatic rings. The lowest BCUT2D eigenvalue weighted by molar-refractivity contribution is -0.137. The van der Waals surface area contributed by atoms with Crippen molar-refractivity contribution in [3.8, 4) is 5.75 Å². The Bertz CT molecular complexity index is 783. The maximum Gasteiger partial charge on any atom is 0.416 e. The van der Waals surface area contributed by atoms with Crippen LogP contribution in [0.1, 0.15) is 18.9 Å². The molecule has 0 aliphatic carbocycles. The van der Waals surface area contributed by atoms with E-state index in [1.54, 1.807) is 6.07 Å².